The quantitative estimate of drug-likeness (QED) is 0.233. The number of aliphatic hydroxyl groups excluding tert-OH is 1. The van der Waals surface area contributed by atoms with Gasteiger partial charge in [0.05, 0.1) is 18.3 Å². The molecule has 0 amide bonds. The Bertz CT molecular complexity index is 1500. The van der Waals surface area contributed by atoms with Gasteiger partial charge in [0, 0.05) is 31.0 Å². The maximum atomic E-state index is 13.7. The molecule has 2 aromatic carbocycles. The number of benzene rings is 2. The molecule has 0 spiro atoms. The van der Waals surface area contributed by atoms with E-state index in [0.29, 0.717) is 37.3 Å². The van der Waals surface area contributed by atoms with Crippen molar-refractivity contribution in [2.75, 3.05) is 11.9 Å². The third kappa shape index (κ3) is 6.99. The summed E-state index contributed by atoms with van der Waals surface area (Å²) in [6.45, 7) is -0.228. The Morgan fingerprint density at radius 3 is 2.40 bits per heavy atom. The fraction of sp³-hybridized carbons (Fsp3) is 0.276. The molecule has 1 aliphatic rings. The zero-order valence-electron chi connectivity index (χ0n) is 21.6. The van der Waals surface area contributed by atoms with E-state index >= 15 is 0 Å². The molecule has 0 saturated heterocycles. The molecule has 1 aliphatic carbocycles. The van der Waals surface area contributed by atoms with Gasteiger partial charge in [0.1, 0.15) is 17.9 Å². The second kappa shape index (κ2) is 12.1. The topological polar surface area (TPSA) is 158 Å². The fourth-order valence-corrected chi connectivity index (χ4v) is 5.36. The van der Waals surface area contributed by atoms with Crippen LogP contribution in [0.25, 0.3) is 0 Å². The van der Waals surface area contributed by atoms with Crippen molar-refractivity contribution in [3.05, 3.63) is 113 Å². The first-order valence-corrected chi connectivity index (χ1v) is 14.4. The van der Waals surface area contributed by atoms with E-state index in [2.05, 4.69) is 19.5 Å². The van der Waals surface area contributed by atoms with Crippen LogP contribution in [0.2, 0.25) is 0 Å². The van der Waals surface area contributed by atoms with E-state index in [1.807, 2.05) is 60.7 Å². The van der Waals surface area contributed by atoms with E-state index in [1.165, 1.54) is 12.5 Å². The van der Waals surface area contributed by atoms with Gasteiger partial charge in [-0.15, -0.1) is 0 Å². The molecule has 11 heteroatoms. The summed E-state index contributed by atoms with van der Waals surface area (Å²) in [4.78, 5) is 22.0. The van der Waals surface area contributed by atoms with Gasteiger partial charge in [-0.05, 0) is 35.6 Å². The smallest absolute Gasteiger partial charge is 0.333 e. The van der Waals surface area contributed by atoms with E-state index in [1.54, 1.807) is 6.07 Å². The third-order valence-corrected chi connectivity index (χ3v) is 7.43. The van der Waals surface area contributed by atoms with E-state index in [9.17, 15) is 18.3 Å². The second-order valence-electron chi connectivity index (χ2n) is 9.92. The highest BCUT2D eigenvalue weighted by atomic mass is 32.2. The molecule has 0 unspecified atom stereocenters. The lowest BCUT2D eigenvalue weighted by atomic mass is 10.0. The highest BCUT2D eigenvalue weighted by molar-refractivity contribution is 7.84. The van der Waals surface area contributed by atoms with Crippen molar-refractivity contribution in [1.29, 1.82) is 0 Å². The Hall–Kier alpha value is -3.90. The van der Waals surface area contributed by atoms with Crippen LogP contribution < -0.4 is 10.5 Å². The predicted molar refractivity (Wildman–Crippen MR) is 148 cm³/mol. The van der Waals surface area contributed by atoms with Crippen LogP contribution >= 0.6 is 0 Å². The Kier molecular flexibility index (Phi) is 8.36. The molecule has 0 bridgehead atoms. The van der Waals surface area contributed by atoms with Crippen LogP contribution in [0.3, 0.4) is 0 Å². The summed E-state index contributed by atoms with van der Waals surface area (Å²) in [5, 5.41) is 18.5. The number of furan rings is 1. The third-order valence-electron chi connectivity index (χ3n) is 6.97. The van der Waals surface area contributed by atoms with Gasteiger partial charge in [0.2, 0.25) is 5.78 Å². The summed E-state index contributed by atoms with van der Waals surface area (Å²) in [5.41, 5.74) is 3.31. The minimum absolute atomic E-state index is 0.181. The molecule has 1 saturated carbocycles. The second-order valence-corrected chi connectivity index (χ2v) is 11.1. The Labute approximate surface area is 232 Å². The highest BCUT2D eigenvalue weighted by Crippen LogP contribution is 2.31. The largest absolute Gasteiger partial charge is 0.457 e. The summed E-state index contributed by atoms with van der Waals surface area (Å²) >= 11 is 0. The molecular weight excluding hydrogens is 532 g/mol. The molecule has 4 N–H and O–H groups in total. The first kappa shape index (κ1) is 27.7. The number of nitrogens with one attached hydrogen (secondary N) is 1. The number of nitrogens with two attached hydrogens (primary N) is 1. The highest BCUT2D eigenvalue weighted by Gasteiger charge is 2.35. The van der Waals surface area contributed by atoms with Crippen molar-refractivity contribution in [3.63, 3.8) is 0 Å². The van der Waals surface area contributed by atoms with Gasteiger partial charge in [0.25, 0.3) is 0 Å². The van der Waals surface area contributed by atoms with Crippen LogP contribution in [0.1, 0.15) is 51.4 Å². The molecule has 40 heavy (non-hydrogen) atoms. The molecule has 3 atom stereocenters. The zero-order valence-corrected chi connectivity index (χ0v) is 22.5. The number of hydrogen-bond donors (Lipinski definition) is 3. The summed E-state index contributed by atoms with van der Waals surface area (Å²) < 4.78 is 33.1. The molecule has 2 heterocycles. The number of nitrogens with zero attached hydrogens (tertiary/aromatic N) is 2. The molecule has 5 rings (SSSR count). The average molecular weight is 563 g/mol. The number of carbonyl (C=O) groups excluding carboxylic acids is 1. The van der Waals surface area contributed by atoms with Gasteiger partial charge in [-0.3, -0.25) is 8.98 Å². The predicted octanol–water partition coefficient (Wildman–Crippen LogP) is 3.25. The van der Waals surface area contributed by atoms with Crippen molar-refractivity contribution in [1.82, 2.24) is 9.97 Å². The van der Waals surface area contributed by atoms with Crippen LogP contribution in [0.15, 0.2) is 83.7 Å². The van der Waals surface area contributed by atoms with Gasteiger partial charge >= 0.3 is 10.3 Å². The summed E-state index contributed by atoms with van der Waals surface area (Å²) in [5.74, 6) is 0.380. The molecular formula is C29H30N4O6S. The molecule has 208 valence electrons. The minimum Gasteiger partial charge on any atom is -0.457 e. The number of rotatable bonds is 11. The zero-order chi connectivity index (χ0) is 28.1. The normalized spacial score (nSPS) is 19.0. The van der Waals surface area contributed by atoms with Crippen molar-refractivity contribution >= 4 is 21.9 Å². The molecule has 2 aromatic heterocycles. The number of carbonyl (C=O) groups is 1. The van der Waals surface area contributed by atoms with E-state index in [-0.39, 0.29) is 29.8 Å². The lowest BCUT2D eigenvalue weighted by Crippen LogP contribution is -2.24. The number of aliphatic hydroxyl groups is 1. The average Bonchev–Trinajstić information content (AvgIpc) is 3.50. The fourth-order valence-electron chi connectivity index (χ4n) is 4.99. The Morgan fingerprint density at radius 1 is 1.05 bits per heavy atom. The van der Waals surface area contributed by atoms with Crippen LogP contribution in [0, 0.1) is 5.92 Å². The van der Waals surface area contributed by atoms with Gasteiger partial charge in [-0.25, -0.2) is 15.1 Å². The van der Waals surface area contributed by atoms with E-state index in [4.69, 9.17) is 9.56 Å². The van der Waals surface area contributed by atoms with Crippen LogP contribution in [0.5, 0.6) is 0 Å². The Balaban J connectivity index is 1.37. The van der Waals surface area contributed by atoms with E-state index < -0.39 is 22.3 Å². The number of aromatic nitrogens is 2. The molecule has 0 aliphatic heterocycles. The Morgan fingerprint density at radius 2 is 1.73 bits per heavy atom. The van der Waals surface area contributed by atoms with Gasteiger partial charge in [-0.1, -0.05) is 60.7 Å². The molecule has 10 nitrogen and oxygen atoms in total. The van der Waals surface area contributed by atoms with Gasteiger partial charge in [0.15, 0.2) is 5.76 Å². The van der Waals surface area contributed by atoms with Crippen molar-refractivity contribution < 1.29 is 26.9 Å². The number of hydrogen-bond acceptors (Lipinski definition) is 9. The first-order valence-electron chi connectivity index (χ1n) is 12.9. The molecule has 1 fully saturated rings. The van der Waals surface area contributed by atoms with Crippen LogP contribution in [-0.4, -0.2) is 48.0 Å². The minimum atomic E-state index is -4.11. The number of anilines is 1. The van der Waals surface area contributed by atoms with Gasteiger partial charge < -0.3 is 14.8 Å². The van der Waals surface area contributed by atoms with Crippen molar-refractivity contribution in [3.8, 4) is 0 Å². The SMILES string of the molecule is NS(=O)(=O)OC[C@H]1C[C@@H](Nc2ncncc2C(=O)c2cc(Cc3ccccc3)c(Cc3ccccc3)o2)C[C@@H]1O. The van der Waals surface area contributed by atoms with Crippen molar-refractivity contribution in [2.24, 2.45) is 11.1 Å². The van der Waals surface area contributed by atoms with Gasteiger partial charge in [-0.2, -0.15) is 8.42 Å². The lowest BCUT2D eigenvalue weighted by Gasteiger charge is -2.15. The number of ketones is 1. The maximum absolute atomic E-state index is 13.7. The standard InChI is InChI=1S/C29H30N4O6S/c30-40(36,37)38-17-22-13-23(15-25(22)34)33-29-24(16-31-18-32-29)28(35)27-14-21(11-19-7-3-1-4-8-19)26(39-27)12-20-9-5-2-6-10-20/h1-10,14,16,18,22-23,25,34H,11-13,15,17H2,(H2,30,36,37)(H,31,32,33)/t22-,23-,25+/m1/s1. The van der Waals surface area contributed by atoms with Crippen LogP contribution in [-0.2, 0) is 27.3 Å². The maximum Gasteiger partial charge on any atom is 0.333 e. The lowest BCUT2D eigenvalue weighted by molar-refractivity contribution is 0.100. The van der Waals surface area contributed by atoms with Crippen LogP contribution in [0.4, 0.5) is 5.82 Å². The van der Waals surface area contributed by atoms with E-state index in [0.717, 1.165) is 16.7 Å². The monoisotopic (exact) mass is 562 g/mol. The first-order chi connectivity index (χ1) is 19.2. The summed E-state index contributed by atoms with van der Waals surface area (Å²) in [7, 11) is -4.11. The molecule has 0 radical (unpaired) electrons. The molecule has 4 aromatic rings. The summed E-state index contributed by atoms with van der Waals surface area (Å²) in [6.07, 6.45) is 3.83. The van der Waals surface area contributed by atoms with Crippen molar-refractivity contribution in [2.45, 2.75) is 37.8 Å². The summed E-state index contributed by atoms with van der Waals surface area (Å²) in [6, 6.07) is 21.4.